The first kappa shape index (κ1) is 25.5. The molecule has 35 heavy (non-hydrogen) atoms. The number of nitrogens with one attached hydrogen (secondary N) is 1. The first-order valence-corrected chi connectivity index (χ1v) is 12.7. The Bertz CT molecular complexity index is 1380. The van der Waals surface area contributed by atoms with Crippen molar-refractivity contribution >= 4 is 44.8 Å². The second-order valence-electron chi connectivity index (χ2n) is 8.03. The van der Waals surface area contributed by atoms with E-state index in [4.69, 9.17) is 23.2 Å². The Balaban J connectivity index is 1.51. The van der Waals surface area contributed by atoms with E-state index in [1.165, 1.54) is 28.6 Å². The number of carbonyl (C=O) groups excluding carboxylic acids is 1. The van der Waals surface area contributed by atoms with E-state index in [0.717, 1.165) is 17.7 Å². The Hall–Kier alpha value is -2.59. The van der Waals surface area contributed by atoms with Gasteiger partial charge in [0.05, 0.1) is 27.6 Å². The topological polar surface area (TPSA) is 66.5 Å². The first-order chi connectivity index (χ1) is 16.4. The number of fused-ring (bicyclic) bond motifs is 1. The van der Waals surface area contributed by atoms with E-state index >= 15 is 0 Å². The van der Waals surface area contributed by atoms with Gasteiger partial charge in [0.2, 0.25) is 15.9 Å². The Labute approximate surface area is 210 Å². The van der Waals surface area contributed by atoms with Crippen LogP contribution in [-0.4, -0.2) is 25.2 Å². The van der Waals surface area contributed by atoms with Gasteiger partial charge in [0.1, 0.15) is 0 Å². The molecular weight excluding hydrogens is 524 g/mol. The van der Waals surface area contributed by atoms with Gasteiger partial charge in [-0.05, 0) is 59.5 Å². The van der Waals surface area contributed by atoms with Crippen molar-refractivity contribution in [2.45, 2.75) is 30.5 Å². The van der Waals surface area contributed by atoms with Gasteiger partial charge in [-0.2, -0.15) is 17.5 Å². The summed E-state index contributed by atoms with van der Waals surface area (Å²) in [4.78, 5) is 12.7. The number of halogens is 5. The lowest BCUT2D eigenvalue weighted by Gasteiger charge is -2.30. The summed E-state index contributed by atoms with van der Waals surface area (Å²) in [5, 5.41) is 3.35. The van der Waals surface area contributed by atoms with Crippen LogP contribution in [0.1, 0.15) is 22.3 Å². The molecule has 4 rings (SSSR count). The normalized spacial score (nSPS) is 14.4. The van der Waals surface area contributed by atoms with Crippen LogP contribution in [0, 0.1) is 0 Å². The summed E-state index contributed by atoms with van der Waals surface area (Å²) in [6.07, 6.45) is -4.29. The summed E-state index contributed by atoms with van der Waals surface area (Å²) in [7, 11) is -3.78. The molecule has 0 unspecified atom stereocenters. The molecule has 0 aliphatic carbocycles. The predicted molar refractivity (Wildman–Crippen MR) is 128 cm³/mol. The van der Waals surface area contributed by atoms with Crippen molar-refractivity contribution in [3.8, 4) is 0 Å². The number of sulfonamides is 1. The Morgan fingerprint density at radius 3 is 2.40 bits per heavy atom. The number of hydrogen-bond acceptors (Lipinski definition) is 3. The zero-order valence-corrected chi connectivity index (χ0v) is 20.4. The van der Waals surface area contributed by atoms with Gasteiger partial charge in [0.25, 0.3) is 0 Å². The second kappa shape index (κ2) is 9.81. The van der Waals surface area contributed by atoms with Gasteiger partial charge in [0, 0.05) is 18.1 Å². The molecule has 0 radical (unpaired) electrons. The number of nitrogens with zero attached hydrogens (tertiary/aromatic N) is 1. The van der Waals surface area contributed by atoms with E-state index in [-0.39, 0.29) is 29.4 Å². The molecule has 5 nitrogen and oxygen atoms in total. The fraction of sp³-hybridized carbons (Fsp3) is 0.208. The van der Waals surface area contributed by atoms with Crippen molar-refractivity contribution in [3.63, 3.8) is 0 Å². The van der Waals surface area contributed by atoms with E-state index in [9.17, 15) is 26.4 Å². The number of benzene rings is 3. The summed E-state index contributed by atoms with van der Waals surface area (Å²) >= 11 is 12.3. The lowest BCUT2D eigenvalue weighted by atomic mass is 9.98. The zero-order valence-electron chi connectivity index (χ0n) is 18.1. The third-order valence-corrected chi connectivity index (χ3v) is 8.05. The highest BCUT2D eigenvalue weighted by Gasteiger charge is 2.31. The van der Waals surface area contributed by atoms with Crippen LogP contribution in [-0.2, 0) is 40.4 Å². The van der Waals surface area contributed by atoms with Crippen molar-refractivity contribution in [1.29, 1.82) is 0 Å². The molecule has 0 saturated heterocycles. The maximum absolute atomic E-state index is 13.1. The van der Waals surface area contributed by atoms with Crippen LogP contribution in [0.25, 0.3) is 0 Å². The number of rotatable bonds is 5. The molecule has 1 aliphatic heterocycles. The highest BCUT2D eigenvalue weighted by atomic mass is 35.5. The quantitative estimate of drug-likeness (QED) is 0.433. The summed E-state index contributed by atoms with van der Waals surface area (Å²) in [6.45, 7) is 0.257. The number of hydrogen-bond donors (Lipinski definition) is 1. The SMILES string of the molecule is O=C(Cc1ccc(C(F)(F)F)cc1)Nc1c(Cl)ccc2c1CCN(S(=O)(=O)c1cccc(Cl)c1)C2. The molecule has 1 aliphatic rings. The molecule has 3 aromatic rings. The number of anilines is 1. The van der Waals surface area contributed by atoms with Crippen LogP contribution in [0.5, 0.6) is 0 Å². The molecule has 0 spiro atoms. The number of carbonyl (C=O) groups is 1. The van der Waals surface area contributed by atoms with Crippen molar-refractivity contribution in [3.05, 3.63) is 93.0 Å². The molecule has 0 atom stereocenters. The molecule has 1 N–H and O–H groups in total. The smallest absolute Gasteiger partial charge is 0.324 e. The van der Waals surface area contributed by atoms with Gasteiger partial charge in [-0.3, -0.25) is 4.79 Å². The number of alkyl halides is 3. The van der Waals surface area contributed by atoms with Gasteiger partial charge in [-0.1, -0.05) is 47.5 Å². The second-order valence-corrected chi connectivity index (χ2v) is 10.8. The molecule has 1 amide bonds. The molecule has 184 valence electrons. The standard InChI is InChI=1S/C24H19Cl2F3N2O3S/c25-18-2-1-3-19(13-18)35(33,34)31-11-10-20-16(14-31)6-9-21(26)23(20)30-22(32)12-15-4-7-17(8-5-15)24(27,28)29/h1-9,13H,10-12,14H2,(H,30,32). The molecule has 11 heteroatoms. The molecule has 1 heterocycles. The van der Waals surface area contributed by atoms with Crippen LogP contribution >= 0.6 is 23.2 Å². The predicted octanol–water partition coefficient (Wildman–Crippen LogP) is 5.94. The highest BCUT2D eigenvalue weighted by Crippen LogP contribution is 2.35. The monoisotopic (exact) mass is 542 g/mol. The van der Waals surface area contributed by atoms with E-state index in [0.29, 0.717) is 28.3 Å². The van der Waals surface area contributed by atoms with Crippen molar-refractivity contribution in [2.75, 3.05) is 11.9 Å². The zero-order chi connectivity index (χ0) is 25.4. The van der Waals surface area contributed by atoms with Crippen LogP contribution in [0.15, 0.2) is 65.6 Å². The third-order valence-electron chi connectivity index (χ3n) is 5.66. The maximum Gasteiger partial charge on any atom is 0.416 e. The molecule has 0 fully saturated rings. The Kier molecular flexibility index (Phi) is 7.15. The van der Waals surface area contributed by atoms with Crippen LogP contribution in [0.3, 0.4) is 0 Å². The maximum atomic E-state index is 13.1. The van der Waals surface area contributed by atoms with Gasteiger partial charge < -0.3 is 5.32 Å². The summed E-state index contributed by atoms with van der Waals surface area (Å²) in [5.41, 5.74) is 1.40. The minimum Gasteiger partial charge on any atom is -0.324 e. The minimum absolute atomic E-state index is 0.0864. The summed E-state index contributed by atoms with van der Waals surface area (Å²) in [6, 6.07) is 13.7. The minimum atomic E-state index is -4.45. The van der Waals surface area contributed by atoms with Crippen LogP contribution in [0.4, 0.5) is 18.9 Å². The van der Waals surface area contributed by atoms with Crippen LogP contribution < -0.4 is 5.32 Å². The van der Waals surface area contributed by atoms with Crippen molar-refractivity contribution in [2.24, 2.45) is 0 Å². The van der Waals surface area contributed by atoms with Crippen molar-refractivity contribution < 1.29 is 26.4 Å². The molecule has 3 aromatic carbocycles. The number of amides is 1. The fourth-order valence-corrected chi connectivity index (χ4v) is 5.84. The third kappa shape index (κ3) is 5.64. The molecule has 0 bridgehead atoms. The molecule has 0 aromatic heterocycles. The van der Waals surface area contributed by atoms with E-state index in [1.807, 2.05) is 0 Å². The van der Waals surface area contributed by atoms with E-state index < -0.39 is 27.7 Å². The van der Waals surface area contributed by atoms with E-state index in [2.05, 4.69) is 5.32 Å². The average Bonchev–Trinajstić information content (AvgIpc) is 2.80. The largest absolute Gasteiger partial charge is 0.416 e. The van der Waals surface area contributed by atoms with Gasteiger partial charge in [-0.25, -0.2) is 8.42 Å². The molecule has 0 saturated carbocycles. The van der Waals surface area contributed by atoms with Gasteiger partial charge >= 0.3 is 6.18 Å². The summed E-state index contributed by atoms with van der Waals surface area (Å²) in [5.74, 6) is -0.450. The first-order valence-electron chi connectivity index (χ1n) is 10.5. The van der Waals surface area contributed by atoms with Gasteiger partial charge in [-0.15, -0.1) is 0 Å². The van der Waals surface area contributed by atoms with Crippen molar-refractivity contribution in [1.82, 2.24) is 4.31 Å². The van der Waals surface area contributed by atoms with Crippen LogP contribution in [0.2, 0.25) is 10.0 Å². The van der Waals surface area contributed by atoms with E-state index in [1.54, 1.807) is 24.3 Å². The average molecular weight is 543 g/mol. The summed E-state index contributed by atoms with van der Waals surface area (Å²) < 4.78 is 65.7. The molecular formula is C24H19Cl2F3N2O3S. The Morgan fingerprint density at radius 1 is 1.03 bits per heavy atom. The van der Waals surface area contributed by atoms with Gasteiger partial charge in [0.15, 0.2) is 0 Å². The lowest BCUT2D eigenvalue weighted by Crippen LogP contribution is -2.36. The lowest BCUT2D eigenvalue weighted by molar-refractivity contribution is -0.137. The highest BCUT2D eigenvalue weighted by molar-refractivity contribution is 7.89. The Morgan fingerprint density at radius 2 is 1.74 bits per heavy atom. The fourth-order valence-electron chi connectivity index (χ4n) is 3.90.